The van der Waals surface area contributed by atoms with Gasteiger partial charge in [-0.3, -0.25) is 19.6 Å². The molecule has 2 saturated heterocycles. The second kappa shape index (κ2) is 11.4. The van der Waals surface area contributed by atoms with E-state index in [1.807, 2.05) is 30.3 Å². The fourth-order valence-corrected chi connectivity index (χ4v) is 4.48. The van der Waals surface area contributed by atoms with Gasteiger partial charge in [-0.15, -0.1) is 0 Å². The van der Waals surface area contributed by atoms with Crippen molar-refractivity contribution in [3.05, 3.63) is 59.9 Å². The monoisotopic (exact) mass is 438 g/mol. The summed E-state index contributed by atoms with van der Waals surface area (Å²) in [4.78, 5) is 21.9. The summed E-state index contributed by atoms with van der Waals surface area (Å²) >= 11 is 0. The molecule has 2 aromatic rings. The Morgan fingerprint density at radius 2 is 1.84 bits per heavy atom. The number of nitrogens with one attached hydrogen (secondary N) is 1. The third-order valence-electron chi connectivity index (χ3n) is 6.31. The molecule has 0 aliphatic carbocycles. The van der Waals surface area contributed by atoms with Crippen LogP contribution in [0.4, 0.5) is 0 Å². The van der Waals surface area contributed by atoms with Gasteiger partial charge in [0, 0.05) is 31.4 Å². The Labute approximate surface area is 190 Å². The van der Waals surface area contributed by atoms with Crippen LogP contribution in [0.15, 0.2) is 48.7 Å². The zero-order valence-corrected chi connectivity index (χ0v) is 18.7. The van der Waals surface area contributed by atoms with E-state index >= 15 is 0 Å². The average Bonchev–Trinajstić information content (AvgIpc) is 3.27. The van der Waals surface area contributed by atoms with Crippen LogP contribution in [-0.2, 0) is 6.54 Å². The first-order valence-electron chi connectivity index (χ1n) is 11.7. The van der Waals surface area contributed by atoms with Crippen LogP contribution in [0, 0.1) is 0 Å². The number of nitrogens with zero attached hydrogens (tertiary/aromatic N) is 3. The lowest BCUT2D eigenvalue weighted by molar-refractivity contribution is 0.0797. The molecule has 1 aromatic heterocycles. The number of pyridine rings is 1. The predicted molar refractivity (Wildman–Crippen MR) is 124 cm³/mol. The number of hydrogen-bond donors (Lipinski definition) is 2. The van der Waals surface area contributed by atoms with Gasteiger partial charge in [0.1, 0.15) is 12.4 Å². The number of benzene rings is 1. The SMILES string of the molecule is O=C(NC1CN(Cc2ccccn2)CCCC1O)c1ccc(OCCN2CCCC2)cc1. The molecule has 7 heteroatoms. The number of rotatable bonds is 8. The maximum absolute atomic E-state index is 12.8. The maximum atomic E-state index is 12.8. The number of carbonyl (C=O) groups excluding carboxylic acids is 1. The maximum Gasteiger partial charge on any atom is 0.251 e. The second-order valence-corrected chi connectivity index (χ2v) is 8.77. The first-order valence-corrected chi connectivity index (χ1v) is 11.7. The van der Waals surface area contributed by atoms with E-state index in [0.717, 1.165) is 44.0 Å². The minimum atomic E-state index is -0.555. The van der Waals surface area contributed by atoms with Crippen LogP contribution in [0.2, 0.25) is 0 Å². The van der Waals surface area contributed by atoms with Crippen molar-refractivity contribution in [3.63, 3.8) is 0 Å². The zero-order chi connectivity index (χ0) is 22.2. The minimum Gasteiger partial charge on any atom is -0.492 e. The standard InChI is InChI=1S/C25H34N4O3/c30-24-7-5-15-29(18-21-6-1-2-12-26-21)19-23(24)27-25(31)20-8-10-22(11-9-20)32-17-16-28-13-3-4-14-28/h1-2,6,8-12,23-24,30H,3-5,7,13-19H2,(H,27,31). The lowest BCUT2D eigenvalue weighted by atomic mass is 10.1. The molecule has 2 aliphatic rings. The number of hydrogen-bond acceptors (Lipinski definition) is 6. The largest absolute Gasteiger partial charge is 0.492 e. The first kappa shape index (κ1) is 22.7. The Morgan fingerprint density at radius 1 is 1.06 bits per heavy atom. The van der Waals surface area contributed by atoms with E-state index in [9.17, 15) is 9.90 Å². The summed E-state index contributed by atoms with van der Waals surface area (Å²) in [5.41, 5.74) is 1.57. The fourth-order valence-electron chi connectivity index (χ4n) is 4.48. The van der Waals surface area contributed by atoms with Gasteiger partial charge < -0.3 is 15.2 Å². The summed E-state index contributed by atoms with van der Waals surface area (Å²) in [6.45, 7) is 6.11. The zero-order valence-electron chi connectivity index (χ0n) is 18.7. The Balaban J connectivity index is 1.29. The second-order valence-electron chi connectivity index (χ2n) is 8.77. The summed E-state index contributed by atoms with van der Waals surface area (Å²) in [6, 6.07) is 12.8. The van der Waals surface area contributed by atoms with Crippen molar-refractivity contribution in [2.24, 2.45) is 0 Å². The van der Waals surface area contributed by atoms with Gasteiger partial charge >= 0.3 is 0 Å². The highest BCUT2D eigenvalue weighted by atomic mass is 16.5. The van der Waals surface area contributed by atoms with Crippen LogP contribution in [-0.4, -0.2) is 77.3 Å². The van der Waals surface area contributed by atoms with Crippen LogP contribution >= 0.6 is 0 Å². The quantitative estimate of drug-likeness (QED) is 0.659. The van der Waals surface area contributed by atoms with Gasteiger partial charge in [0.2, 0.25) is 0 Å². The van der Waals surface area contributed by atoms with Crippen molar-refractivity contribution in [1.82, 2.24) is 20.1 Å². The van der Waals surface area contributed by atoms with Crippen molar-refractivity contribution in [2.45, 2.75) is 44.4 Å². The van der Waals surface area contributed by atoms with E-state index in [1.165, 1.54) is 12.8 Å². The van der Waals surface area contributed by atoms with E-state index in [0.29, 0.717) is 31.7 Å². The molecule has 2 unspecified atom stereocenters. The Hall–Kier alpha value is -2.48. The molecular weight excluding hydrogens is 404 g/mol. The van der Waals surface area contributed by atoms with Gasteiger partial charge in [0.05, 0.1) is 17.8 Å². The smallest absolute Gasteiger partial charge is 0.251 e. The molecule has 2 fully saturated rings. The Kier molecular flexibility index (Phi) is 8.09. The van der Waals surface area contributed by atoms with Crippen LogP contribution in [0.3, 0.4) is 0 Å². The summed E-state index contributed by atoms with van der Waals surface area (Å²) in [5.74, 6) is 0.606. The van der Waals surface area contributed by atoms with Crippen LogP contribution < -0.4 is 10.1 Å². The van der Waals surface area contributed by atoms with Crippen molar-refractivity contribution >= 4 is 5.91 Å². The van der Waals surface area contributed by atoms with Crippen molar-refractivity contribution in [2.75, 3.05) is 39.3 Å². The molecule has 172 valence electrons. The Bertz CT molecular complexity index is 840. The van der Waals surface area contributed by atoms with Crippen LogP contribution in [0.5, 0.6) is 5.75 Å². The molecule has 0 saturated carbocycles. The predicted octanol–water partition coefficient (Wildman–Crippen LogP) is 2.31. The number of aliphatic hydroxyl groups excluding tert-OH is 1. The van der Waals surface area contributed by atoms with Crippen molar-refractivity contribution in [1.29, 1.82) is 0 Å². The first-order chi connectivity index (χ1) is 15.7. The molecule has 4 rings (SSSR count). The molecule has 3 heterocycles. The highest BCUT2D eigenvalue weighted by Gasteiger charge is 2.27. The van der Waals surface area contributed by atoms with Gasteiger partial charge in [-0.1, -0.05) is 6.07 Å². The summed E-state index contributed by atoms with van der Waals surface area (Å²) in [5, 5.41) is 13.6. The molecule has 0 radical (unpaired) electrons. The topological polar surface area (TPSA) is 77.9 Å². The number of aliphatic hydroxyl groups is 1. The minimum absolute atomic E-state index is 0.169. The average molecular weight is 439 g/mol. The molecule has 32 heavy (non-hydrogen) atoms. The van der Waals surface area contributed by atoms with Crippen molar-refractivity contribution in [3.8, 4) is 5.75 Å². The van der Waals surface area contributed by atoms with E-state index in [2.05, 4.69) is 20.1 Å². The van der Waals surface area contributed by atoms with Gasteiger partial charge in [0.25, 0.3) is 5.91 Å². The number of carbonyl (C=O) groups is 1. The van der Waals surface area contributed by atoms with Gasteiger partial charge in [-0.2, -0.15) is 0 Å². The van der Waals surface area contributed by atoms with E-state index in [1.54, 1.807) is 18.3 Å². The normalized spacial score (nSPS) is 22.4. The summed E-state index contributed by atoms with van der Waals surface area (Å²) in [7, 11) is 0. The number of ether oxygens (including phenoxy) is 1. The van der Waals surface area contributed by atoms with Gasteiger partial charge in [-0.05, 0) is 81.7 Å². The number of aromatic nitrogens is 1. The fraction of sp³-hybridized carbons (Fsp3) is 0.520. The van der Waals surface area contributed by atoms with E-state index in [-0.39, 0.29) is 11.9 Å². The molecule has 2 atom stereocenters. The molecule has 2 aliphatic heterocycles. The van der Waals surface area contributed by atoms with Crippen LogP contribution in [0.25, 0.3) is 0 Å². The molecular formula is C25H34N4O3. The van der Waals surface area contributed by atoms with E-state index in [4.69, 9.17) is 4.74 Å². The van der Waals surface area contributed by atoms with Gasteiger partial charge in [-0.25, -0.2) is 0 Å². The lowest BCUT2D eigenvalue weighted by Crippen LogP contribution is -2.48. The Morgan fingerprint density at radius 3 is 2.59 bits per heavy atom. The third kappa shape index (κ3) is 6.51. The molecule has 0 spiro atoms. The highest BCUT2D eigenvalue weighted by molar-refractivity contribution is 5.94. The van der Waals surface area contributed by atoms with Crippen molar-refractivity contribution < 1.29 is 14.6 Å². The molecule has 2 N–H and O–H groups in total. The van der Waals surface area contributed by atoms with Gasteiger partial charge in [0.15, 0.2) is 0 Å². The molecule has 1 amide bonds. The number of likely N-dealkylation sites (tertiary alicyclic amines) is 2. The molecule has 1 aromatic carbocycles. The third-order valence-corrected chi connectivity index (χ3v) is 6.31. The van der Waals surface area contributed by atoms with E-state index < -0.39 is 6.10 Å². The molecule has 7 nitrogen and oxygen atoms in total. The summed E-state index contributed by atoms with van der Waals surface area (Å²) < 4.78 is 5.83. The number of amides is 1. The lowest BCUT2D eigenvalue weighted by Gasteiger charge is -2.27. The molecule has 0 bridgehead atoms. The summed E-state index contributed by atoms with van der Waals surface area (Å²) in [6.07, 6.45) is 5.36. The highest BCUT2D eigenvalue weighted by Crippen LogP contribution is 2.16. The van der Waals surface area contributed by atoms with Crippen LogP contribution in [0.1, 0.15) is 41.7 Å².